The molecule has 0 heterocycles. The molecule has 2 aromatic rings. The molecule has 0 atom stereocenters. The minimum Gasteiger partial charge on any atom is -0.356 e. The van der Waals surface area contributed by atoms with Gasteiger partial charge in [0.05, 0.1) is 4.90 Å². The van der Waals surface area contributed by atoms with E-state index in [-0.39, 0.29) is 35.8 Å². The zero-order chi connectivity index (χ0) is 19.9. The molecule has 0 fully saturated rings. The van der Waals surface area contributed by atoms with Gasteiger partial charge in [-0.15, -0.1) is 0 Å². The predicted octanol–water partition coefficient (Wildman–Crippen LogP) is 2.69. The number of rotatable bonds is 9. The van der Waals surface area contributed by atoms with Crippen molar-refractivity contribution in [2.24, 2.45) is 0 Å². The van der Waals surface area contributed by atoms with E-state index in [1.54, 1.807) is 12.1 Å². The maximum atomic E-state index is 13.5. The molecule has 0 unspecified atom stereocenters. The molecule has 5 nitrogen and oxygen atoms in total. The van der Waals surface area contributed by atoms with Crippen LogP contribution in [0, 0.1) is 18.6 Å². The molecule has 27 heavy (non-hydrogen) atoms. The van der Waals surface area contributed by atoms with Crippen LogP contribution in [0.1, 0.15) is 24.0 Å². The summed E-state index contributed by atoms with van der Waals surface area (Å²) < 4.78 is 53.0. The van der Waals surface area contributed by atoms with Crippen molar-refractivity contribution in [1.82, 2.24) is 10.0 Å². The summed E-state index contributed by atoms with van der Waals surface area (Å²) in [5.74, 6) is -1.61. The summed E-state index contributed by atoms with van der Waals surface area (Å²) >= 11 is 0. The fourth-order valence-corrected chi connectivity index (χ4v) is 3.46. The summed E-state index contributed by atoms with van der Waals surface area (Å²) in [6.07, 6.45) is 0.650. The number of hydrogen-bond donors (Lipinski definition) is 2. The van der Waals surface area contributed by atoms with Crippen LogP contribution in [0.4, 0.5) is 8.78 Å². The Balaban J connectivity index is 1.67. The van der Waals surface area contributed by atoms with E-state index in [2.05, 4.69) is 10.0 Å². The molecule has 0 saturated heterocycles. The van der Waals surface area contributed by atoms with Crippen LogP contribution in [-0.4, -0.2) is 27.4 Å². The minimum absolute atomic E-state index is 0.0671. The van der Waals surface area contributed by atoms with Gasteiger partial charge in [-0.05, 0) is 43.5 Å². The lowest BCUT2D eigenvalue weighted by Gasteiger charge is -2.08. The molecular formula is C19H22F2N2O3S. The molecule has 2 rings (SSSR count). The van der Waals surface area contributed by atoms with Crippen LogP contribution in [0.2, 0.25) is 0 Å². The second-order valence-corrected chi connectivity index (χ2v) is 7.92. The normalized spacial score (nSPS) is 11.4. The number of carbonyl (C=O) groups excluding carboxylic acids is 1. The molecular weight excluding hydrogens is 374 g/mol. The van der Waals surface area contributed by atoms with Crippen molar-refractivity contribution in [3.8, 4) is 0 Å². The summed E-state index contributed by atoms with van der Waals surface area (Å²) in [5.41, 5.74) is 1.24. The van der Waals surface area contributed by atoms with Gasteiger partial charge in [-0.25, -0.2) is 21.9 Å². The molecule has 0 radical (unpaired) electrons. The molecule has 0 bridgehead atoms. The van der Waals surface area contributed by atoms with E-state index in [9.17, 15) is 22.0 Å². The first-order valence-corrected chi connectivity index (χ1v) is 10.0. The van der Waals surface area contributed by atoms with E-state index in [0.717, 1.165) is 17.7 Å². The Hall–Kier alpha value is -2.32. The van der Waals surface area contributed by atoms with Crippen LogP contribution in [0.25, 0.3) is 0 Å². The topological polar surface area (TPSA) is 75.3 Å². The van der Waals surface area contributed by atoms with Crippen molar-refractivity contribution in [2.75, 3.05) is 13.1 Å². The predicted molar refractivity (Wildman–Crippen MR) is 98.7 cm³/mol. The monoisotopic (exact) mass is 396 g/mol. The lowest BCUT2D eigenvalue weighted by atomic mass is 10.1. The maximum absolute atomic E-state index is 13.5. The Morgan fingerprint density at radius 1 is 1.04 bits per heavy atom. The molecule has 2 aromatic carbocycles. The van der Waals surface area contributed by atoms with E-state index in [1.807, 2.05) is 6.92 Å². The summed E-state index contributed by atoms with van der Waals surface area (Å²) in [5, 5.41) is 2.65. The van der Waals surface area contributed by atoms with Gasteiger partial charge in [-0.3, -0.25) is 4.79 Å². The highest BCUT2D eigenvalue weighted by molar-refractivity contribution is 7.89. The van der Waals surface area contributed by atoms with Gasteiger partial charge >= 0.3 is 0 Å². The molecule has 0 aliphatic carbocycles. The Labute approximate surface area is 157 Å². The Morgan fingerprint density at radius 3 is 2.41 bits per heavy atom. The van der Waals surface area contributed by atoms with Crippen LogP contribution in [0.15, 0.2) is 47.4 Å². The first-order chi connectivity index (χ1) is 12.8. The zero-order valence-electron chi connectivity index (χ0n) is 15.0. The fraction of sp³-hybridized carbons (Fsp3) is 0.316. The lowest BCUT2D eigenvalue weighted by Crippen LogP contribution is -2.30. The highest BCUT2D eigenvalue weighted by Gasteiger charge is 2.12. The smallest absolute Gasteiger partial charge is 0.240 e. The maximum Gasteiger partial charge on any atom is 0.240 e. The molecule has 2 N–H and O–H groups in total. The molecule has 8 heteroatoms. The standard InChI is InChI=1S/C19H22F2N2O3S/c1-14-3-8-17(9-4-14)27(25,26)23-12-2-11-22-19(24)10-6-15-5-7-16(20)13-18(15)21/h3-5,7-9,13,23H,2,6,10-12H2,1H3,(H,22,24). The van der Waals surface area contributed by atoms with Crippen molar-refractivity contribution < 1.29 is 22.0 Å². The van der Waals surface area contributed by atoms with Crippen LogP contribution in [0.3, 0.4) is 0 Å². The largest absolute Gasteiger partial charge is 0.356 e. The zero-order valence-corrected chi connectivity index (χ0v) is 15.8. The van der Waals surface area contributed by atoms with Crippen molar-refractivity contribution in [3.63, 3.8) is 0 Å². The van der Waals surface area contributed by atoms with Gasteiger partial charge in [-0.1, -0.05) is 23.8 Å². The second-order valence-electron chi connectivity index (χ2n) is 6.15. The number of carbonyl (C=O) groups is 1. The first-order valence-electron chi connectivity index (χ1n) is 8.55. The van der Waals surface area contributed by atoms with E-state index in [4.69, 9.17) is 0 Å². The van der Waals surface area contributed by atoms with Crippen molar-refractivity contribution in [2.45, 2.75) is 31.1 Å². The quantitative estimate of drug-likeness (QED) is 0.640. The average molecular weight is 396 g/mol. The number of nitrogens with one attached hydrogen (secondary N) is 2. The molecule has 0 aliphatic heterocycles. The SMILES string of the molecule is Cc1ccc(S(=O)(=O)NCCCNC(=O)CCc2ccc(F)cc2F)cc1. The van der Waals surface area contributed by atoms with Crippen LogP contribution in [0.5, 0.6) is 0 Å². The van der Waals surface area contributed by atoms with Gasteiger partial charge < -0.3 is 5.32 Å². The van der Waals surface area contributed by atoms with E-state index < -0.39 is 21.7 Å². The lowest BCUT2D eigenvalue weighted by molar-refractivity contribution is -0.121. The Bertz CT molecular complexity index is 884. The molecule has 146 valence electrons. The fourth-order valence-electron chi connectivity index (χ4n) is 2.38. The number of hydrogen-bond acceptors (Lipinski definition) is 3. The highest BCUT2D eigenvalue weighted by atomic mass is 32.2. The second kappa shape index (κ2) is 9.57. The van der Waals surface area contributed by atoms with Crippen molar-refractivity contribution in [3.05, 3.63) is 65.2 Å². The van der Waals surface area contributed by atoms with Gasteiger partial charge in [0, 0.05) is 25.6 Å². The van der Waals surface area contributed by atoms with Gasteiger partial charge in [0.25, 0.3) is 0 Å². The Morgan fingerprint density at radius 2 is 1.74 bits per heavy atom. The number of sulfonamides is 1. The summed E-state index contributed by atoms with van der Waals surface area (Å²) in [7, 11) is -3.57. The van der Waals surface area contributed by atoms with Gasteiger partial charge in [0.1, 0.15) is 11.6 Å². The number of benzene rings is 2. The van der Waals surface area contributed by atoms with Gasteiger partial charge in [-0.2, -0.15) is 0 Å². The molecule has 0 aliphatic rings. The Kier molecular flexibility index (Phi) is 7.44. The van der Waals surface area contributed by atoms with Gasteiger partial charge in [0.2, 0.25) is 15.9 Å². The minimum atomic E-state index is -3.57. The summed E-state index contributed by atoms with van der Waals surface area (Å²) in [6, 6.07) is 9.77. The number of amides is 1. The first kappa shape index (κ1) is 21.0. The highest BCUT2D eigenvalue weighted by Crippen LogP contribution is 2.11. The van der Waals surface area contributed by atoms with E-state index in [1.165, 1.54) is 18.2 Å². The third-order valence-electron chi connectivity index (χ3n) is 3.94. The summed E-state index contributed by atoms with van der Waals surface area (Å²) in [6.45, 7) is 2.35. The van der Waals surface area contributed by atoms with Crippen LogP contribution in [-0.2, 0) is 21.2 Å². The van der Waals surface area contributed by atoms with Crippen molar-refractivity contribution in [1.29, 1.82) is 0 Å². The molecule has 0 aromatic heterocycles. The molecule has 0 spiro atoms. The van der Waals surface area contributed by atoms with Crippen LogP contribution >= 0.6 is 0 Å². The molecule has 1 amide bonds. The third-order valence-corrected chi connectivity index (χ3v) is 5.41. The molecule has 0 saturated carbocycles. The van der Waals surface area contributed by atoms with Gasteiger partial charge in [0.15, 0.2) is 0 Å². The number of aryl methyl sites for hydroxylation is 2. The average Bonchev–Trinajstić information content (AvgIpc) is 2.61. The summed E-state index contributed by atoms with van der Waals surface area (Å²) in [4.78, 5) is 12.0. The van der Waals surface area contributed by atoms with E-state index >= 15 is 0 Å². The van der Waals surface area contributed by atoms with E-state index in [0.29, 0.717) is 13.0 Å². The van der Waals surface area contributed by atoms with Crippen LogP contribution < -0.4 is 10.0 Å². The number of halogens is 2. The third kappa shape index (κ3) is 6.73. The van der Waals surface area contributed by atoms with Crippen molar-refractivity contribution >= 4 is 15.9 Å².